The highest BCUT2D eigenvalue weighted by atomic mass is 35.5. The average Bonchev–Trinajstić information content (AvgIpc) is 2.89. The predicted molar refractivity (Wildman–Crippen MR) is 104 cm³/mol. The van der Waals surface area contributed by atoms with Crippen LogP contribution in [0.2, 0.25) is 15.1 Å². The summed E-state index contributed by atoms with van der Waals surface area (Å²) in [5.41, 5.74) is 0.179. The summed E-state index contributed by atoms with van der Waals surface area (Å²) in [6.45, 7) is 1.43. The van der Waals surface area contributed by atoms with E-state index in [1.54, 1.807) is 17.0 Å². The Balaban J connectivity index is 1.75. The number of hydrogen-bond acceptors (Lipinski definition) is 2. The quantitative estimate of drug-likeness (QED) is 0.690. The third kappa shape index (κ3) is 4.37. The maximum atomic E-state index is 14.0. The summed E-state index contributed by atoms with van der Waals surface area (Å²) in [5, 5.41) is 0.811. The van der Waals surface area contributed by atoms with Gasteiger partial charge in [-0.1, -0.05) is 40.9 Å². The zero-order chi connectivity index (χ0) is 19.6. The van der Waals surface area contributed by atoms with Crippen molar-refractivity contribution in [3.63, 3.8) is 0 Å². The molecule has 0 unspecified atom stereocenters. The fraction of sp³-hybridized carbons (Fsp3) is 0.263. The van der Waals surface area contributed by atoms with Gasteiger partial charge in [0, 0.05) is 31.2 Å². The highest BCUT2D eigenvalue weighted by Gasteiger charge is 2.27. The van der Waals surface area contributed by atoms with Gasteiger partial charge >= 0.3 is 0 Å². The summed E-state index contributed by atoms with van der Waals surface area (Å²) >= 11 is 18.1. The van der Waals surface area contributed by atoms with Crippen LogP contribution in [0.4, 0.5) is 4.39 Å². The van der Waals surface area contributed by atoms with Crippen LogP contribution in [-0.4, -0.2) is 47.8 Å². The number of hydrogen-bond donors (Lipinski definition) is 0. The molecule has 0 radical (unpaired) electrons. The fourth-order valence-electron chi connectivity index (χ4n) is 3.02. The molecule has 0 spiro atoms. The molecule has 1 aliphatic rings. The second-order valence-electron chi connectivity index (χ2n) is 6.16. The van der Waals surface area contributed by atoms with E-state index >= 15 is 0 Å². The lowest BCUT2D eigenvalue weighted by Gasteiger charge is -2.23. The van der Waals surface area contributed by atoms with Crippen molar-refractivity contribution in [2.24, 2.45) is 0 Å². The first-order valence-electron chi connectivity index (χ1n) is 8.36. The molecule has 1 fully saturated rings. The fourth-order valence-corrected chi connectivity index (χ4v) is 3.63. The number of halogens is 4. The van der Waals surface area contributed by atoms with Crippen LogP contribution >= 0.6 is 34.8 Å². The molecule has 0 aromatic heterocycles. The Morgan fingerprint density at radius 1 is 0.852 bits per heavy atom. The first-order chi connectivity index (χ1) is 12.9. The van der Waals surface area contributed by atoms with E-state index in [0.29, 0.717) is 41.7 Å². The molecule has 2 aromatic rings. The van der Waals surface area contributed by atoms with Gasteiger partial charge in [-0.2, -0.15) is 0 Å². The lowest BCUT2D eigenvalue weighted by atomic mass is 10.1. The van der Waals surface area contributed by atoms with E-state index in [9.17, 15) is 14.0 Å². The smallest absolute Gasteiger partial charge is 0.258 e. The van der Waals surface area contributed by atoms with Gasteiger partial charge in [-0.15, -0.1) is 0 Å². The van der Waals surface area contributed by atoms with E-state index in [1.807, 2.05) is 0 Å². The van der Waals surface area contributed by atoms with Crippen molar-refractivity contribution in [2.75, 3.05) is 26.2 Å². The van der Waals surface area contributed by atoms with E-state index in [2.05, 4.69) is 0 Å². The SMILES string of the molecule is O=C(c1cc(Cl)ccc1Cl)N1CCCN(C(=O)c2c(F)cccc2Cl)CC1. The Morgan fingerprint density at radius 3 is 2.19 bits per heavy atom. The number of carbonyl (C=O) groups is 2. The number of benzene rings is 2. The van der Waals surface area contributed by atoms with Crippen LogP contribution in [0.3, 0.4) is 0 Å². The second kappa shape index (κ2) is 8.46. The van der Waals surface area contributed by atoms with Gasteiger partial charge in [-0.25, -0.2) is 4.39 Å². The van der Waals surface area contributed by atoms with Crippen molar-refractivity contribution in [3.8, 4) is 0 Å². The minimum absolute atomic E-state index is 0.0721. The normalized spacial score (nSPS) is 14.8. The van der Waals surface area contributed by atoms with Gasteiger partial charge in [-0.3, -0.25) is 9.59 Å². The van der Waals surface area contributed by atoms with E-state index < -0.39 is 11.7 Å². The van der Waals surface area contributed by atoms with Crippen LogP contribution in [0.25, 0.3) is 0 Å². The number of nitrogens with zero attached hydrogens (tertiary/aromatic N) is 2. The van der Waals surface area contributed by atoms with Gasteiger partial charge in [0.15, 0.2) is 0 Å². The molecule has 0 saturated carbocycles. The monoisotopic (exact) mass is 428 g/mol. The maximum Gasteiger partial charge on any atom is 0.258 e. The minimum atomic E-state index is -0.657. The summed E-state index contributed by atoms with van der Waals surface area (Å²) < 4.78 is 14.0. The van der Waals surface area contributed by atoms with Crippen LogP contribution < -0.4 is 0 Å². The third-order valence-corrected chi connectivity index (χ3v) is 5.29. The number of amides is 2. The third-order valence-electron chi connectivity index (χ3n) is 4.41. The van der Waals surface area contributed by atoms with Gasteiger partial charge in [0.1, 0.15) is 5.82 Å². The molecule has 0 aliphatic carbocycles. The zero-order valence-corrected chi connectivity index (χ0v) is 16.5. The first kappa shape index (κ1) is 19.9. The van der Waals surface area contributed by atoms with E-state index in [1.165, 1.54) is 29.2 Å². The van der Waals surface area contributed by atoms with Gasteiger partial charge in [0.25, 0.3) is 11.8 Å². The lowest BCUT2D eigenvalue weighted by molar-refractivity contribution is 0.0716. The molecular formula is C19H16Cl3FN2O2. The molecule has 0 bridgehead atoms. The molecule has 1 aliphatic heterocycles. The van der Waals surface area contributed by atoms with Crippen molar-refractivity contribution < 1.29 is 14.0 Å². The average molecular weight is 430 g/mol. The van der Waals surface area contributed by atoms with E-state index in [-0.39, 0.29) is 23.0 Å². The second-order valence-corrected chi connectivity index (χ2v) is 7.41. The van der Waals surface area contributed by atoms with Crippen LogP contribution in [-0.2, 0) is 0 Å². The van der Waals surface area contributed by atoms with Crippen molar-refractivity contribution in [1.29, 1.82) is 0 Å². The highest BCUT2D eigenvalue weighted by molar-refractivity contribution is 6.35. The molecule has 2 aromatic carbocycles. The van der Waals surface area contributed by atoms with E-state index in [0.717, 1.165) is 0 Å². The molecule has 0 atom stereocenters. The molecule has 2 amide bonds. The number of rotatable bonds is 2. The molecule has 0 N–H and O–H groups in total. The highest BCUT2D eigenvalue weighted by Crippen LogP contribution is 2.24. The summed E-state index contributed by atoms with van der Waals surface area (Å²) in [6.07, 6.45) is 0.557. The van der Waals surface area contributed by atoms with Gasteiger partial charge in [0.05, 0.1) is 21.2 Å². The van der Waals surface area contributed by atoms with Gasteiger partial charge in [0.2, 0.25) is 0 Å². The Hall–Kier alpha value is -1.82. The van der Waals surface area contributed by atoms with Crippen LogP contribution in [0, 0.1) is 5.82 Å². The number of carbonyl (C=O) groups excluding carboxylic acids is 2. The Labute approximate surface area is 171 Å². The molecule has 3 rings (SSSR count). The van der Waals surface area contributed by atoms with Crippen molar-refractivity contribution >= 4 is 46.6 Å². The summed E-state index contributed by atoms with van der Waals surface area (Å²) in [7, 11) is 0. The van der Waals surface area contributed by atoms with Crippen LogP contribution in [0.15, 0.2) is 36.4 Å². The lowest BCUT2D eigenvalue weighted by Crippen LogP contribution is -2.37. The van der Waals surface area contributed by atoms with Crippen LogP contribution in [0.5, 0.6) is 0 Å². The van der Waals surface area contributed by atoms with Gasteiger partial charge in [-0.05, 0) is 36.8 Å². The summed E-state index contributed by atoms with van der Waals surface area (Å²) in [6, 6.07) is 8.85. The largest absolute Gasteiger partial charge is 0.337 e. The molecule has 8 heteroatoms. The molecule has 142 valence electrons. The summed E-state index contributed by atoms with van der Waals surface area (Å²) in [5.74, 6) is -1.38. The standard InChI is InChI=1S/C19H16Cl3FN2O2/c20-12-5-6-14(21)13(11-12)18(26)24-7-2-8-25(10-9-24)19(27)17-15(22)3-1-4-16(17)23/h1,3-6,11H,2,7-10H2. The Kier molecular flexibility index (Phi) is 6.25. The first-order valence-corrected chi connectivity index (χ1v) is 9.49. The van der Waals surface area contributed by atoms with Gasteiger partial charge < -0.3 is 9.80 Å². The molecule has 27 heavy (non-hydrogen) atoms. The van der Waals surface area contributed by atoms with Crippen molar-refractivity contribution in [3.05, 3.63) is 68.4 Å². The van der Waals surface area contributed by atoms with Crippen LogP contribution in [0.1, 0.15) is 27.1 Å². The Morgan fingerprint density at radius 2 is 1.52 bits per heavy atom. The molecular weight excluding hydrogens is 414 g/mol. The van der Waals surface area contributed by atoms with Crippen molar-refractivity contribution in [2.45, 2.75) is 6.42 Å². The molecule has 1 heterocycles. The molecule has 1 saturated heterocycles. The zero-order valence-electron chi connectivity index (χ0n) is 14.2. The van der Waals surface area contributed by atoms with Crippen molar-refractivity contribution in [1.82, 2.24) is 9.80 Å². The maximum absolute atomic E-state index is 14.0. The topological polar surface area (TPSA) is 40.6 Å². The molecule has 4 nitrogen and oxygen atoms in total. The summed E-state index contributed by atoms with van der Waals surface area (Å²) in [4.78, 5) is 28.6. The van der Waals surface area contributed by atoms with E-state index in [4.69, 9.17) is 34.8 Å². The minimum Gasteiger partial charge on any atom is -0.337 e. The predicted octanol–water partition coefficient (Wildman–Crippen LogP) is 4.77. The Bertz CT molecular complexity index is 871.